The fourth-order valence-electron chi connectivity index (χ4n) is 0.246. The molecule has 1 unspecified atom stereocenters. The molecule has 0 saturated heterocycles. The van der Waals surface area contributed by atoms with Gasteiger partial charge in [0.05, 0.1) is 11.4 Å². The number of nitrogens with two attached hydrogens (primary N) is 2. The van der Waals surface area contributed by atoms with Crippen LogP contribution in [0.4, 0.5) is 0 Å². The van der Waals surface area contributed by atoms with Gasteiger partial charge in [0.2, 0.25) is 11.8 Å². The first-order chi connectivity index (χ1) is 5.36. The van der Waals surface area contributed by atoms with Crippen molar-refractivity contribution in [2.24, 2.45) is 11.5 Å². The van der Waals surface area contributed by atoms with E-state index < -0.39 is 23.2 Å². The first-order valence-electron chi connectivity index (χ1n) is 2.71. The average molecular weight is 197 g/mol. The Morgan fingerprint density at radius 1 is 1.25 bits per heavy atom. The molecule has 0 rings (SSSR count). The molecule has 2 amide bonds. The van der Waals surface area contributed by atoms with Crippen molar-refractivity contribution in [3.8, 4) is 0 Å². The van der Waals surface area contributed by atoms with Gasteiger partial charge in [0.1, 0.15) is 0 Å². The Balaban J connectivity index is 0. The molecular weight excluding hydrogens is 188 g/mol. The second-order valence-electron chi connectivity index (χ2n) is 1.65. The number of hydrogen-bond donors (Lipinski definition) is 3. The van der Waals surface area contributed by atoms with Crippen molar-refractivity contribution in [3.05, 3.63) is 0 Å². The van der Waals surface area contributed by atoms with E-state index in [1.165, 1.54) is 0 Å². The third kappa shape index (κ3) is 36.0. The van der Waals surface area contributed by atoms with E-state index in [1.807, 2.05) is 0 Å². The molecule has 5 N–H and O–H groups in total. The van der Waals surface area contributed by atoms with Gasteiger partial charge in [-0.25, -0.2) is 4.21 Å². The van der Waals surface area contributed by atoms with Crippen LogP contribution in [0.25, 0.3) is 0 Å². The first-order valence-corrected chi connectivity index (χ1v) is 3.74. The molecule has 0 spiro atoms. The summed E-state index contributed by atoms with van der Waals surface area (Å²) in [4.78, 5) is 19.8. The second kappa shape index (κ2) is 8.11. The van der Waals surface area contributed by atoms with Crippen molar-refractivity contribution in [1.29, 1.82) is 0 Å². The van der Waals surface area contributed by atoms with Crippen LogP contribution in [-0.2, 0) is 21.0 Å². The lowest BCUT2D eigenvalue weighted by Crippen LogP contribution is -2.16. The fraction of sp³-hybridized carbons (Fsp3) is 0.500. The smallest absolute Gasteiger partial charge is 0.217 e. The number of carbonyl (C=O) groups excluding carboxylic acids is 2. The summed E-state index contributed by atoms with van der Waals surface area (Å²) in [7, 11) is 0. The summed E-state index contributed by atoms with van der Waals surface area (Å²) in [6.45, 7) is 0. The molecule has 0 fully saturated rings. The van der Waals surface area contributed by atoms with Crippen LogP contribution >= 0.6 is 0 Å². The van der Waals surface area contributed by atoms with Crippen LogP contribution in [0, 0.1) is 0 Å². The quantitative estimate of drug-likeness (QED) is 0.451. The van der Waals surface area contributed by atoms with Crippen LogP contribution in [0.2, 0.25) is 0 Å². The predicted octanol–water partition coefficient (Wildman–Crippen LogP) is -1.92. The van der Waals surface area contributed by atoms with Crippen molar-refractivity contribution >= 4 is 23.2 Å². The van der Waals surface area contributed by atoms with E-state index in [-0.39, 0.29) is 12.8 Å². The van der Waals surface area contributed by atoms with E-state index >= 15 is 0 Å². The Morgan fingerprint density at radius 3 is 1.50 bits per heavy atom. The maximum absolute atomic E-state index is 9.92. The minimum atomic E-state index is -2.86. The molecule has 0 heterocycles. The summed E-state index contributed by atoms with van der Waals surface area (Å²) in [6, 6.07) is 0. The standard InChI is InChI=1S/C4H8N2O2.H2O3S/c5-3(7)1-2-4(6)8;1-4(2)3/h1-2H2,(H2,5,7)(H2,6,8);(H2,1,2,3)/p-1. The van der Waals surface area contributed by atoms with E-state index in [0.717, 1.165) is 0 Å². The van der Waals surface area contributed by atoms with Gasteiger partial charge < -0.3 is 20.6 Å². The van der Waals surface area contributed by atoms with Crippen molar-refractivity contribution in [1.82, 2.24) is 0 Å². The zero-order chi connectivity index (χ0) is 10.1. The number of rotatable bonds is 3. The lowest BCUT2D eigenvalue weighted by Gasteiger charge is -1.87. The number of amides is 2. The largest absolute Gasteiger partial charge is 0.750 e. The normalized spacial score (nSPS) is 10.8. The van der Waals surface area contributed by atoms with Gasteiger partial charge in [-0.1, -0.05) is 0 Å². The molecule has 0 bridgehead atoms. The molecule has 0 radical (unpaired) electrons. The molecule has 12 heavy (non-hydrogen) atoms. The van der Waals surface area contributed by atoms with Gasteiger partial charge in [-0.2, -0.15) is 0 Å². The molecule has 0 saturated carbocycles. The first kappa shape index (κ1) is 13.6. The van der Waals surface area contributed by atoms with Crippen LogP contribution in [0.5, 0.6) is 0 Å². The van der Waals surface area contributed by atoms with Crippen molar-refractivity contribution in [3.63, 3.8) is 0 Å². The monoisotopic (exact) mass is 197 g/mol. The molecular formula is C4H9N2O5S-. The minimum absolute atomic E-state index is 0.0509. The van der Waals surface area contributed by atoms with Crippen LogP contribution < -0.4 is 11.5 Å². The summed E-state index contributed by atoms with van der Waals surface area (Å²) in [6.07, 6.45) is 0.102. The molecule has 0 aromatic rings. The van der Waals surface area contributed by atoms with E-state index in [4.69, 9.17) is 24.8 Å². The highest BCUT2D eigenvalue weighted by atomic mass is 32.2. The van der Waals surface area contributed by atoms with Gasteiger partial charge in [-0.15, -0.1) is 0 Å². The molecule has 0 aliphatic heterocycles. The Labute approximate surface area is 71.2 Å². The summed E-state index contributed by atoms with van der Waals surface area (Å²) in [5.74, 6) is -0.993. The van der Waals surface area contributed by atoms with Crippen molar-refractivity contribution in [2.45, 2.75) is 12.8 Å². The molecule has 72 valence electrons. The van der Waals surface area contributed by atoms with Gasteiger partial charge in [-0.3, -0.25) is 9.59 Å². The minimum Gasteiger partial charge on any atom is -0.750 e. The van der Waals surface area contributed by atoms with Crippen molar-refractivity contribution in [2.75, 3.05) is 0 Å². The van der Waals surface area contributed by atoms with Gasteiger partial charge in [0.25, 0.3) is 0 Å². The zero-order valence-electron chi connectivity index (χ0n) is 6.06. The Bertz CT molecular complexity index is 164. The third-order valence-corrected chi connectivity index (χ3v) is 0.618. The molecule has 8 heteroatoms. The molecule has 1 atom stereocenters. The zero-order valence-corrected chi connectivity index (χ0v) is 6.87. The van der Waals surface area contributed by atoms with E-state index in [0.29, 0.717) is 0 Å². The highest BCUT2D eigenvalue weighted by molar-refractivity contribution is 7.73. The average Bonchev–Trinajstić information content (AvgIpc) is 1.82. The Kier molecular flexibility index (Phi) is 9.18. The Hall–Kier alpha value is -0.990. The molecule has 7 nitrogen and oxygen atoms in total. The van der Waals surface area contributed by atoms with Crippen LogP contribution in [0.3, 0.4) is 0 Å². The highest BCUT2D eigenvalue weighted by Crippen LogP contribution is 1.82. The molecule has 0 aliphatic rings. The van der Waals surface area contributed by atoms with Crippen molar-refractivity contribution < 1.29 is 22.9 Å². The lowest BCUT2D eigenvalue weighted by molar-refractivity contribution is -0.123. The van der Waals surface area contributed by atoms with Gasteiger partial charge in [-0.05, 0) is 0 Å². The van der Waals surface area contributed by atoms with Crippen LogP contribution in [0.1, 0.15) is 12.8 Å². The van der Waals surface area contributed by atoms with E-state index in [2.05, 4.69) is 0 Å². The maximum atomic E-state index is 9.92. The van der Waals surface area contributed by atoms with Gasteiger partial charge in [0.15, 0.2) is 0 Å². The SMILES string of the molecule is NC(=O)CCC(N)=O.O=S([O-])O. The molecule has 0 aliphatic carbocycles. The highest BCUT2D eigenvalue weighted by Gasteiger charge is 1.96. The predicted molar refractivity (Wildman–Crippen MR) is 39.2 cm³/mol. The number of primary amides is 2. The van der Waals surface area contributed by atoms with E-state index in [1.54, 1.807) is 0 Å². The molecule has 0 aromatic heterocycles. The number of hydrogen-bond acceptors (Lipinski definition) is 4. The van der Waals surface area contributed by atoms with Crippen LogP contribution in [-0.4, -0.2) is 25.1 Å². The maximum Gasteiger partial charge on any atom is 0.217 e. The summed E-state index contributed by atoms with van der Waals surface area (Å²) in [5.41, 5.74) is 9.39. The summed E-state index contributed by atoms with van der Waals surface area (Å²) < 4.78 is 24.1. The topological polar surface area (TPSA) is 147 Å². The van der Waals surface area contributed by atoms with E-state index in [9.17, 15) is 9.59 Å². The fourth-order valence-corrected chi connectivity index (χ4v) is 0.246. The number of carbonyl (C=O) groups is 2. The second-order valence-corrected chi connectivity index (χ2v) is 2.08. The van der Waals surface area contributed by atoms with Gasteiger partial charge >= 0.3 is 0 Å². The summed E-state index contributed by atoms with van der Waals surface area (Å²) >= 11 is -2.86. The summed E-state index contributed by atoms with van der Waals surface area (Å²) in [5, 5.41) is 0. The third-order valence-electron chi connectivity index (χ3n) is 0.618. The molecule has 0 aromatic carbocycles. The van der Waals surface area contributed by atoms with Crippen LogP contribution in [0.15, 0.2) is 0 Å². The Morgan fingerprint density at radius 2 is 1.42 bits per heavy atom. The van der Waals surface area contributed by atoms with Gasteiger partial charge in [0, 0.05) is 12.8 Å². The lowest BCUT2D eigenvalue weighted by atomic mass is 10.3.